The molecule has 0 saturated carbocycles. The van der Waals surface area contributed by atoms with Crippen LogP contribution in [0, 0.1) is 5.92 Å². The Morgan fingerprint density at radius 2 is 1.70 bits per heavy atom. The van der Waals surface area contributed by atoms with Crippen molar-refractivity contribution in [2.24, 2.45) is 5.92 Å². The fourth-order valence-corrected chi connectivity index (χ4v) is 1.68. The third-order valence-corrected chi connectivity index (χ3v) is 3.29. The molecule has 1 rings (SSSR count). The predicted molar refractivity (Wildman–Crippen MR) is 86.5 cm³/mol. The molecule has 124 valence electrons. The van der Waals surface area contributed by atoms with Crippen LogP contribution in [0.15, 0.2) is 35.9 Å². The zero-order valence-corrected chi connectivity index (χ0v) is 13.7. The van der Waals surface area contributed by atoms with Crippen molar-refractivity contribution in [3.05, 3.63) is 41.5 Å². The van der Waals surface area contributed by atoms with Gasteiger partial charge in [-0.3, -0.25) is 9.59 Å². The van der Waals surface area contributed by atoms with Crippen molar-refractivity contribution in [2.45, 2.75) is 27.2 Å². The molecule has 0 radical (unpaired) electrons. The van der Waals surface area contributed by atoms with E-state index < -0.39 is 5.97 Å². The molecule has 0 aliphatic heterocycles. The van der Waals surface area contributed by atoms with Crippen LogP contribution in [0.25, 0.3) is 6.08 Å². The number of carbonyl (C=O) groups excluding carboxylic acids is 3. The largest absolute Gasteiger partial charge is 0.462 e. The van der Waals surface area contributed by atoms with E-state index in [-0.39, 0.29) is 36.5 Å². The van der Waals surface area contributed by atoms with Crippen molar-refractivity contribution in [1.29, 1.82) is 0 Å². The van der Waals surface area contributed by atoms with Crippen molar-refractivity contribution >= 4 is 23.8 Å². The summed E-state index contributed by atoms with van der Waals surface area (Å²) in [4.78, 5) is 35.1. The van der Waals surface area contributed by atoms with Crippen LogP contribution in [0.5, 0.6) is 0 Å². The lowest BCUT2D eigenvalue weighted by molar-refractivity contribution is -0.153. The van der Waals surface area contributed by atoms with Crippen molar-refractivity contribution in [3.63, 3.8) is 0 Å². The number of ketones is 1. The zero-order chi connectivity index (χ0) is 17.2. The Morgan fingerprint density at radius 1 is 1.09 bits per heavy atom. The monoisotopic (exact) mass is 318 g/mol. The molecule has 0 fully saturated rings. The van der Waals surface area contributed by atoms with Gasteiger partial charge >= 0.3 is 11.9 Å². The molecule has 0 heterocycles. The maximum atomic E-state index is 12.0. The molecule has 0 spiro atoms. The van der Waals surface area contributed by atoms with Crippen molar-refractivity contribution in [3.8, 4) is 0 Å². The van der Waals surface area contributed by atoms with Crippen LogP contribution in [0.1, 0.15) is 32.8 Å². The molecule has 0 aliphatic carbocycles. The Balaban J connectivity index is 2.55. The predicted octanol–water partition coefficient (Wildman–Crippen LogP) is 2.79. The van der Waals surface area contributed by atoms with Gasteiger partial charge in [-0.1, -0.05) is 44.2 Å². The average molecular weight is 318 g/mol. The van der Waals surface area contributed by atoms with Gasteiger partial charge in [-0.2, -0.15) is 0 Å². The molecule has 1 atom stereocenters. The Labute approximate surface area is 136 Å². The van der Waals surface area contributed by atoms with Crippen LogP contribution in [0.2, 0.25) is 0 Å². The maximum absolute atomic E-state index is 12.0. The molecule has 0 amide bonds. The van der Waals surface area contributed by atoms with Gasteiger partial charge in [0.25, 0.3) is 0 Å². The van der Waals surface area contributed by atoms with Crippen LogP contribution >= 0.6 is 0 Å². The van der Waals surface area contributed by atoms with Crippen LogP contribution in [-0.2, 0) is 23.9 Å². The second kappa shape index (κ2) is 9.56. The summed E-state index contributed by atoms with van der Waals surface area (Å²) in [5.41, 5.74) is 0.697. The van der Waals surface area contributed by atoms with E-state index in [4.69, 9.17) is 9.47 Å². The topological polar surface area (TPSA) is 69.7 Å². The van der Waals surface area contributed by atoms with E-state index in [0.717, 1.165) is 5.56 Å². The van der Waals surface area contributed by atoms with E-state index in [9.17, 15) is 14.4 Å². The number of hydrogen-bond acceptors (Lipinski definition) is 5. The van der Waals surface area contributed by atoms with E-state index in [1.165, 1.54) is 13.0 Å². The maximum Gasteiger partial charge on any atom is 0.341 e. The highest BCUT2D eigenvalue weighted by molar-refractivity contribution is 6.19. The number of carbonyl (C=O) groups is 3. The van der Waals surface area contributed by atoms with E-state index in [1.54, 1.807) is 19.1 Å². The van der Waals surface area contributed by atoms with Gasteiger partial charge in [0.15, 0.2) is 5.78 Å². The van der Waals surface area contributed by atoms with Gasteiger partial charge in [-0.25, -0.2) is 4.79 Å². The van der Waals surface area contributed by atoms with E-state index in [2.05, 4.69) is 0 Å². The first kappa shape index (κ1) is 18.6. The molecule has 0 aromatic heterocycles. The molecule has 1 aromatic carbocycles. The van der Waals surface area contributed by atoms with Gasteiger partial charge in [0, 0.05) is 0 Å². The minimum absolute atomic E-state index is 0.0224. The molecule has 1 unspecified atom stereocenters. The molecule has 5 heteroatoms. The first-order valence-corrected chi connectivity index (χ1v) is 7.57. The third-order valence-electron chi connectivity index (χ3n) is 3.29. The Bertz CT molecular complexity index is 574. The summed E-state index contributed by atoms with van der Waals surface area (Å²) in [6.07, 6.45) is 2.17. The number of rotatable bonds is 8. The van der Waals surface area contributed by atoms with Gasteiger partial charge in [-0.05, 0) is 25.0 Å². The smallest absolute Gasteiger partial charge is 0.341 e. The third kappa shape index (κ3) is 6.46. The lowest BCUT2D eigenvalue weighted by Crippen LogP contribution is -2.20. The molecule has 5 nitrogen and oxygen atoms in total. The van der Waals surface area contributed by atoms with E-state index in [1.807, 2.05) is 25.1 Å². The van der Waals surface area contributed by atoms with Crippen molar-refractivity contribution in [1.82, 2.24) is 0 Å². The van der Waals surface area contributed by atoms with Gasteiger partial charge in [-0.15, -0.1) is 0 Å². The number of benzene rings is 1. The summed E-state index contributed by atoms with van der Waals surface area (Å²) in [6.45, 7) is 4.86. The lowest BCUT2D eigenvalue weighted by Gasteiger charge is -2.10. The number of ether oxygens (including phenoxy) is 2. The highest BCUT2D eigenvalue weighted by Gasteiger charge is 2.17. The summed E-state index contributed by atoms with van der Waals surface area (Å²) in [6, 6.07) is 9.02. The highest BCUT2D eigenvalue weighted by atomic mass is 16.6. The Hall–Kier alpha value is -2.43. The molecular formula is C18H22O5. The van der Waals surface area contributed by atoms with Crippen molar-refractivity contribution in [2.75, 3.05) is 13.2 Å². The molecule has 0 aliphatic rings. The standard InChI is InChI=1S/C18H22O5/c1-4-13(2)17(20)22-10-11-23-18(21)16(14(3)19)12-15-8-6-5-7-9-15/h5-9,12-13H,4,10-11H2,1-3H3/b16-12+. The lowest BCUT2D eigenvalue weighted by atomic mass is 10.1. The first-order valence-electron chi connectivity index (χ1n) is 7.57. The zero-order valence-electron chi connectivity index (χ0n) is 13.7. The Morgan fingerprint density at radius 3 is 2.26 bits per heavy atom. The number of hydrogen-bond donors (Lipinski definition) is 0. The van der Waals surface area contributed by atoms with Gasteiger partial charge in [0.05, 0.1) is 5.92 Å². The summed E-state index contributed by atoms with van der Waals surface area (Å²) in [7, 11) is 0. The minimum Gasteiger partial charge on any atom is -0.462 e. The highest BCUT2D eigenvalue weighted by Crippen LogP contribution is 2.09. The quantitative estimate of drug-likeness (QED) is 0.242. The minimum atomic E-state index is -0.721. The second-order valence-corrected chi connectivity index (χ2v) is 5.14. The molecule has 1 aromatic rings. The molecular weight excluding hydrogens is 296 g/mol. The number of esters is 2. The fourth-order valence-electron chi connectivity index (χ4n) is 1.68. The fraction of sp³-hybridized carbons (Fsp3) is 0.389. The van der Waals surface area contributed by atoms with Gasteiger partial charge < -0.3 is 9.47 Å². The summed E-state index contributed by atoms with van der Waals surface area (Å²) in [5.74, 6) is -1.61. The normalized spacial score (nSPS) is 12.4. The summed E-state index contributed by atoms with van der Waals surface area (Å²) < 4.78 is 9.98. The van der Waals surface area contributed by atoms with Crippen molar-refractivity contribution < 1.29 is 23.9 Å². The first-order chi connectivity index (χ1) is 11.0. The molecule has 0 bridgehead atoms. The Kier molecular flexibility index (Phi) is 7.74. The summed E-state index contributed by atoms with van der Waals surface area (Å²) in [5, 5.41) is 0. The van der Waals surface area contributed by atoms with Crippen LogP contribution in [0.3, 0.4) is 0 Å². The number of Topliss-reactive ketones (excluding diaryl/α,β-unsaturated/α-hetero) is 1. The van der Waals surface area contributed by atoms with Crippen LogP contribution in [0.4, 0.5) is 0 Å². The van der Waals surface area contributed by atoms with Crippen LogP contribution in [-0.4, -0.2) is 30.9 Å². The van der Waals surface area contributed by atoms with Crippen LogP contribution < -0.4 is 0 Å². The molecule has 23 heavy (non-hydrogen) atoms. The SMILES string of the molecule is CCC(C)C(=O)OCCOC(=O)/C(=C/c1ccccc1)C(C)=O. The van der Waals surface area contributed by atoms with Gasteiger partial charge in [0.1, 0.15) is 18.8 Å². The van der Waals surface area contributed by atoms with E-state index >= 15 is 0 Å². The molecule has 0 saturated heterocycles. The van der Waals surface area contributed by atoms with E-state index in [0.29, 0.717) is 6.42 Å². The summed E-state index contributed by atoms with van der Waals surface area (Å²) >= 11 is 0. The second-order valence-electron chi connectivity index (χ2n) is 5.14. The molecule has 0 N–H and O–H groups in total. The van der Waals surface area contributed by atoms with Gasteiger partial charge in [0.2, 0.25) is 0 Å². The average Bonchev–Trinajstić information content (AvgIpc) is 2.55.